The first-order valence-corrected chi connectivity index (χ1v) is 7.32. The molecule has 0 heterocycles. The first-order valence-electron chi connectivity index (χ1n) is 6.94. The van der Waals surface area contributed by atoms with E-state index in [1.54, 1.807) is 18.2 Å². The number of ether oxygens (including phenoxy) is 1. The van der Waals surface area contributed by atoms with Gasteiger partial charge < -0.3 is 4.74 Å². The Morgan fingerprint density at radius 2 is 2.15 bits per heavy atom. The number of benzene rings is 1. The molecule has 1 aromatic rings. The van der Waals surface area contributed by atoms with Gasteiger partial charge in [-0.05, 0) is 42.9 Å². The van der Waals surface area contributed by atoms with Gasteiger partial charge in [-0.3, -0.25) is 4.79 Å². The van der Waals surface area contributed by atoms with Crippen LogP contribution in [0.3, 0.4) is 0 Å². The first-order chi connectivity index (χ1) is 9.67. The van der Waals surface area contributed by atoms with Gasteiger partial charge in [0.2, 0.25) is 0 Å². The van der Waals surface area contributed by atoms with Crippen molar-refractivity contribution in [2.75, 3.05) is 7.11 Å². The van der Waals surface area contributed by atoms with Gasteiger partial charge in [-0.25, -0.2) is 0 Å². The molecule has 2 fully saturated rings. The average molecular weight is 290 g/mol. The molecule has 0 spiro atoms. The van der Waals surface area contributed by atoms with E-state index in [1.807, 2.05) is 0 Å². The summed E-state index contributed by atoms with van der Waals surface area (Å²) in [6, 6.07) is 7.23. The van der Waals surface area contributed by atoms with Crippen LogP contribution in [-0.4, -0.2) is 12.9 Å². The Balaban J connectivity index is 1.89. The van der Waals surface area contributed by atoms with Gasteiger partial charge in [0, 0.05) is 16.5 Å². The van der Waals surface area contributed by atoms with Gasteiger partial charge in [0.25, 0.3) is 0 Å². The number of methoxy groups -OCH3 is 1. The summed E-state index contributed by atoms with van der Waals surface area (Å²) in [5.41, 5.74) is 0.595. The molecule has 4 heteroatoms. The molecule has 0 saturated heterocycles. The Bertz CT molecular complexity index is 583. The fraction of sp³-hybridized carbons (Fsp3) is 0.500. The highest BCUT2D eigenvalue weighted by Crippen LogP contribution is 2.59. The second-order valence-corrected chi connectivity index (χ2v) is 6.07. The molecule has 0 aromatic heterocycles. The molecule has 0 radical (unpaired) electrons. The quantitative estimate of drug-likeness (QED) is 0.851. The van der Waals surface area contributed by atoms with Crippen LogP contribution in [0.1, 0.15) is 30.7 Å². The summed E-state index contributed by atoms with van der Waals surface area (Å²) < 4.78 is 5.27. The fourth-order valence-electron chi connectivity index (χ4n) is 3.65. The van der Waals surface area contributed by atoms with Gasteiger partial charge in [-0.1, -0.05) is 18.0 Å². The van der Waals surface area contributed by atoms with E-state index in [4.69, 9.17) is 16.3 Å². The predicted octanol–water partition coefficient (Wildman–Crippen LogP) is 3.57. The molecule has 3 atom stereocenters. The fourth-order valence-corrected chi connectivity index (χ4v) is 3.83. The van der Waals surface area contributed by atoms with Gasteiger partial charge in [-0.15, -0.1) is 0 Å². The minimum absolute atomic E-state index is 0.0442. The second-order valence-electron chi connectivity index (χ2n) is 5.64. The van der Waals surface area contributed by atoms with Crippen LogP contribution in [0.2, 0.25) is 5.02 Å². The third-order valence-corrected chi connectivity index (χ3v) is 4.89. The van der Waals surface area contributed by atoms with Crippen LogP contribution in [0.15, 0.2) is 18.2 Å². The van der Waals surface area contributed by atoms with Crippen LogP contribution in [0.25, 0.3) is 0 Å². The first kappa shape index (κ1) is 13.5. The summed E-state index contributed by atoms with van der Waals surface area (Å²) in [4.78, 5) is 12.6. The lowest BCUT2D eigenvalue weighted by Gasteiger charge is -2.14. The maximum absolute atomic E-state index is 12.6. The van der Waals surface area contributed by atoms with E-state index in [0.29, 0.717) is 28.2 Å². The van der Waals surface area contributed by atoms with Crippen LogP contribution in [0.4, 0.5) is 0 Å². The summed E-state index contributed by atoms with van der Waals surface area (Å²) in [6.45, 7) is 0. The molecule has 1 aromatic carbocycles. The maximum Gasteiger partial charge on any atom is 0.158 e. The zero-order valence-corrected chi connectivity index (χ0v) is 12.1. The van der Waals surface area contributed by atoms with Crippen molar-refractivity contribution in [3.8, 4) is 11.8 Å². The summed E-state index contributed by atoms with van der Waals surface area (Å²) >= 11 is 5.99. The lowest BCUT2D eigenvalue weighted by molar-refractivity contribution is -0.121. The third kappa shape index (κ3) is 2.09. The average Bonchev–Trinajstić information content (AvgIpc) is 2.93. The predicted molar refractivity (Wildman–Crippen MR) is 75.7 cm³/mol. The van der Waals surface area contributed by atoms with E-state index in [2.05, 4.69) is 6.07 Å². The Kier molecular flexibility index (Phi) is 3.43. The zero-order chi connectivity index (χ0) is 14.3. The van der Waals surface area contributed by atoms with Crippen LogP contribution >= 0.6 is 11.6 Å². The molecule has 20 heavy (non-hydrogen) atoms. The van der Waals surface area contributed by atoms with Crippen LogP contribution in [-0.2, 0) is 4.79 Å². The molecular formula is C16H16ClNO2. The maximum atomic E-state index is 12.6. The highest BCUT2D eigenvalue weighted by atomic mass is 35.5. The van der Waals surface area contributed by atoms with Gasteiger partial charge in [0.1, 0.15) is 11.7 Å². The molecule has 3 unspecified atom stereocenters. The molecule has 3 rings (SSSR count). The second kappa shape index (κ2) is 5.10. The Morgan fingerprint density at radius 1 is 1.45 bits per heavy atom. The van der Waals surface area contributed by atoms with Gasteiger partial charge in [0.05, 0.1) is 13.2 Å². The molecule has 2 aliphatic rings. The standard InChI is InChI=1S/C16H16ClNO2/c1-20-14-6-5-9(17)7-12(14)13(8-18)16(19)15-10-3-2-4-11(10)15/h5-7,10-11,13,15H,2-4H2,1H3. The van der Waals surface area contributed by atoms with E-state index in [-0.39, 0.29) is 11.7 Å². The Morgan fingerprint density at radius 3 is 2.75 bits per heavy atom. The van der Waals surface area contributed by atoms with Crippen molar-refractivity contribution in [1.82, 2.24) is 0 Å². The van der Waals surface area contributed by atoms with E-state index >= 15 is 0 Å². The van der Waals surface area contributed by atoms with Gasteiger partial charge in [0.15, 0.2) is 5.78 Å². The SMILES string of the molecule is COc1ccc(Cl)cc1C(C#N)C(=O)C1C2CCCC21. The van der Waals surface area contributed by atoms with Crippen LogP contribution in [0, 0.1) is 29.1 Å². The van der Waals surface area contributed by atoms with Crippen molar-refractivity contribution < 1.29 is 9.53 Å². The number of nitriles is 1. The lowest BCUT2D eigenvalue weighted by Crippen LogP contribution is -2.16. The zero-order valence-electron chi connectivity index (χ0n) is 11.3. The largest absolute Gasteiger partial charge is 0.496 e. The van der Waals surface area contributed by atoms with Crippen molar-refractivity contribution in [2.24, 2.45) is 17.8 Å². The highest BCUT2D eigenvalue weighted by Gasteiger charge is 2.57. The van der Waals surface area contributed by atoms with Crippen molar-refractivity contribution in [1.29, 1.82) is 5.26 Å². The number of halogens is 1. The molecule has 0 bridgehead atoms. The summed E-state index contributed by atoms with van der Waals surface area (Å²) in [7, 11) is 1.54. The summed E-state index contributed by atoms with van der Waals surface area (Å²) in [6.07, 6.45) is 3.48. The number of carbonyl (C=O) groups is 1. The minimum atomic E-state index is -0.765. The molecule has 0 aliphatic heterocycles. The topological polar surface area (TPSA) is 50.1 Å². The van der Waals surface area contributed by atoms with E-state index in [9.17, 15) is 10.1 Å². The number of hydrogen-bond donors (Lipinski definition) is 0. The molecule has 3 nitrogen and oxygen atoms in total. The summed E-state index contributed by atoms with van der Waals surface area (Å²) in [5, 5.41) is 9.95. The van der Waals surface area contributed by atoms with E-state index in [0.717, 1.165) is 12.8 Å². The molecule has 104 valence electrons. The van der Waals surface area contributed by atoms with Crippen molar-refractivity contribution in [3.05, 3.63) is 28.8 Å². The minimum Gasteiger partial charge on any atom is -0.496 e. The van der Waals surface area contributed by atoms with Crippen LogP contribution in [0.5, 0.6) is 5.75 Å². The number of Topliss-reactive ketones (excluding diaryl/α,β-unsaturated/α-hetero) is 1. The molecule has 0 N–H and O–H groups in total. The highest BCUT2D eigenvalue weighted by molar-refractivity contribution is 6.30. The van der Waals surface area contributed by atoms with E-state index in [1.165, 1.54) is 13.5 Å². The smallest absolute Gasteiger partial charge is 0.158 e. The lowest BCUT2D eigenvalue weighted by atomic mass is 9.90. The Hall–Kier alpha value is -1.53. The number of rotatable bonds is 4. The monoisotopic (exact) mass is 289 g/mol. The molecule has 2 saturated carbocycles. The molecule has 2 aliphatic carbocycles. The van der Waals surface area contributed by atoms with Gasteiger partial charge >= 0.3 is 0 Å². The third-order valence-electron chi connectivity index (χ3n) is 4.65. The van der Waals surface area contributed by atoms with Crippen molar-refractivity contribution in [3.63, 3.8) is 0 Å². The van der Waals surface area contributed by atoms with E-state index < -0.39 is 5.92 Å². The molecule has 0 amide bonds. The van der Waals surface area contributed by atoms with Crippen LogP contribution < -0.4 is 4.74 Å². The normalized spacial score (nSPS) is 28.4. The van der Waals surface area contributed by atoms with Crippen molar-refractivity contribution >= 4 is 17.4 Å². The van der Waals surface area contributed by atoms with Crippen molar-refractivity contribution in [2.45, 2.75) is 25.2 Å². The van der Waals surface area contributed by atoms with Gasteiger partial charge in [-0.2, -0.15) is 5.26 Å². The number of carbonyl (C=O) groups excluding carboxylic acids is 1. The number of fused-ring (bicyclic) bond motifs is 1. The molecular weight excluding hydrogens is 274 g/mol. The number of hydrogen-bond acceptors (Lipinski definition) is 3. The Labute approximate surface area is 123 Å². The summed E-state index contributed by atoms with van der Waals surface area (Å²) in [5.74, 6) is 0.950. The number of ketones is 1. The number of nitrogens with zero attached hydrogens (tertiary/aromatic N) is 1.